The summed E-state index contributed by atoms with van der Waals surface area (Å²) in [6.07, 6.45) is 7.15. The normalized spacial score (nSPS) is 25.5. The fraction of sp³-hybridized carbons (Fsp3) is 0.227. The Morgan fingerprint density at radius 2 is 1.15 bits per heavy atom. The average Bonchev–Trinajstić information content (AvgIpc) is 3.60. The van der Waals surface area contributed by atoms with Crippen LogP contribution in [0, 0.1) is 23.7 Å². The highest BCUT2D eigenvalue weighted by Crippen LogP contribution is 2.69. The molecule has 1 spiro atoms. The summed E-state index contributed by atoms with van der Waals surface area (Å²) in [4.78, 5) is 2.52. The zero-order valence-corrected chi connectivity index (χ0v) is 26.6. The van der Waals surface area contributed by atoms with Crippen molar-refractivity contribution in [2.45, 2.75) is 37.5 Å². The van der Waals surface area contributed by atoms with Crippen molar-refractivity contribution in [3.05, 3.63) is 139 Å². The van der Waals surface area contributed by atoms with Crippen LogP contribution in [0.15, 0.2) is 127 Å². The van der Waals surface area contributed by atoms with E-state index < -0.39 is 0 Å². The van der Waals surface area contributed by atoms with Gasteiger partial charge in [-0.05, 0) is 120 Å². The van der Waals surface area contributed by atoms with Gasteiger partial charge in [0.15, 0.2) is 0 Å². The van der Waals surface area contributed by atoms with E-state index in [1.165, 1.54) is 91.2 Å². The van der Waals surface area contributed by atoms with E-state index in [2.05, 4.69) is 132 Å². The molecule has 12 rings (SSSR count). The first kappa shape index (κ1) is 25.8. The quantitative estimate of drug-likeness (QED) is 0.193. The van der Waals surface area contributed by atoms with Crippen molar-refractivity contribution in [1.82, 2.24) is 0 Å². The molecule has 1 nitrogen and oxygen atoms in total. The summed E-state index contributed by atoms with van der Waals surface area (Å²) >= 11 is 1.90. The molecule has 1 heterocycles. The van der Waals surface area contributed by atoms with E-state index in [9.17, 15) is 0 Å². The van der Waals surface area contributed by atoms with Crippen molar-refractivity contribution in [3.63, 3.8) is 0 Å². The zero-order chi connectivity index (χ0) is 30.0. The van der Waals surface area contributed by atoms with Crippen molar-refractivity contribution >= 4 is 59.3 Å². The summed E-state index contributed by atoms with van der Waals surface area (Å²) in [5.41, 5.74) is 10.1. The van der Waals surface area contributed by atoms with Crippen LogP contribution in [0.5, 0.6) is 0 Å². The zero-order valence-electron chi connectivity index (χ0n) is 25.8. The van der Waals surface area contributed by atoms with Crippen LogP contribution in [0.2, 0.25) is 0 Å². The van der Waals surface area contributed by atoms with Gasteiger partial charge >= 0.3 is 0 Å². The fourth-order valence-electron chi connectivity index (χ4n) is 11.0. The van der Waals surface area contributed by atoms with Gasteiger partial charge in [0.2, 0.25) is 0 Å². The summed E-state index contributed by atoms with van der Waals surface area (Å²) < 4.78 is 2.68. The summed E-state index contributed by atoms with van der Waals surface area (Å²) in [6.45, 7) is 0. The number of anilines is 3. The van der Waals surface area contributed by atoms with Crippen LogP contribution in [0.4, 0.5) is 17.1 Å². The van der Waals surface area contributed by atoms with Gasteiger partial charge in [0.05, 0.1) is 5.69 Å². The number of benzene rings is 6. The number of fused-ring (bicyclic) bond motifs is 7. The molecule has 2 heteroatoms. The first-order chi connectivity index (χ1) is 22.8. The maximum Gasteiger partial charge on any atom is 0.0540 e. The van der Waals surface area contributed by atoms with Gasteiger partial charge in [0.25, 0.3) is 0 Å². The standard InChI is InChI=1S/C44H35NS/c1-2-10-34-29(8-1)9-7-14-41(34)45(33-16-18-37-36-12-4-6-15-42(36)46-43(37)26-33)32-17-19-40-38(25-32)35-11-3-5-13-39(35)44(40)30-21-27-20-28(23-30)24-31(44)22-27/h1-19,25-28,30-31H,20-24H2. The highest BCUT2D eigenvalue weighted by Gasteiger charge is 2.61. The summed E-state index contributed by atoms with van der Waals surface area (Å²) in [5, 5.41) is 5.24. The second-order valence-corrected chi connectivity index (χ2v) is 15.6. The van der Waals surface area contributed by atoms with Crippen molar-refractivity contribution in [3.8, 4) is 11.1 Å². The highest BCUT2D eigenvalue weighted by atomic mass is 32.1. The fourth-order valence-corrected chi connectivity index (χ4v) is 12.1. The molecule has 0 N–H and O–H groups in total. The van der Waals surface area contributed by atoms with Gasteiger partial charge in [-0.25, -0.2) is 0 Å². The second-order valence-electron chi connectivity index (χ2n) is 14.6. The van der Waals surface area contributed by atoms with E-state index in [0.29, 0.717) is 0 Å². The first-order valence-corrected chi connectivity index (χ1v) is 18.0. The molecule has 5 aliphatic rings. The van der Waals surface area contributed by atoms with Gasteiger partial charge < -0.3 is 4.90 Å². The van der Waals surface area contributed by atoms with Gasteiger partial charge in [-0.15, -0.1) is 11.3 Å². The summed E-state index contributed by atoms with van der Waals surface area (Å²) in [6, 6.07) is 48.6. The van der Waals surface area contributed by atoms with Crippen LogP contribution >= 0.6 is 11.3 Å². The molecule has 0 radical (unpaired) electrons. The predicted molar refractivity (Wildman–Crippen MR) is 195 cm³/mol. The highest BCUT2D eigenvalue weighted by molar-refractivity contribution is 7.25. The van der Waals surface area contributed by atoms with Gasteiger partial charge in [0.1, 0.15) is 0 Å². The van der Waals surface area contributed by atoms with E-state index in [1.54, 1.807) is 11.1 Å². The Morgan fingerprint density at radius 1 is 0.500 bits per heavy atom. The minimum atomic E-state index is 0.193. The third-order valence-electron chi connectivity index (χ3n) is 12.4. The third kappa shape index (κ3) is 3.36. The van der Waals surface area contributed by atoms with Crippen molar-refractivity contribution in [2.24, 2.45) is 23.7 Å². The summed E-state index contributed by atoms with van der Waals surface area (Å²) in [5.74, 6) is 3.46. The van der Waals surface area contributed by atoms with E-state index in [1.807, 2.05) is 11.3 Å². The smallest absolute Gasteiger partial charge is 0.0540 e. The second kappa shape index (κ2) is 9.33. The monoisotopic (exact) mass is 609 g/mol. The maximum absolute atomic E-state index is 2.56. The molecule has 1 aromatic heterocycles. The van der Waals surface area contributed by atoms with Crippen LogP contribution in [-0.2, 0) is 5.41 Å². The summed E-state index contributed by atoms with van der Waals surface area (Å²) in [7, 11) is 0. The Balaban J connectivity index is 1.15. The average molecular weight is 610 g/mol. The van der Waals surface area contributed by atoms with Gasteiger partial charge in [-0.1, -0.05) is 91.0 Å². The Bertz CT molecular complexity index is 2330. The molecule has 0 amide bonds. The van der Waals surface area contributed by atoms with Crippen molar-refractivity contribution < 1.29 is 0 Å². The molecule has 6 aromatic carbocycles. The molecule has 46 heavy (non-hydrogen) atoms. The lowest BCUT2D eigenvalue weighted by atomic mass is 9.43. The van der Waals surface area contributed by atoms with E-state index in [-0.39, 0.29) is 5.41 Å². The van der Waals surface area contributed by atoms with E-state index in [4.69, 9.17) is 0 Å². The number of nitrogens with zero attached hydrogens (tertiary/aromatic N) is 1. The molecule has 222 valence electrons. The lowest BCUT2D eigenvalue weighted by Gasteiger charge is -2.61. The topological polar surface area (TPSA) is 3.24 Å². The van der Waals surface area contributed by atoms with Crippen LogP contribution in [0.3, 0.4) is 0 Å². The molecular weight excluding hydrogens is 575 g/mol. The number of hydrogen-bond acceptors (Lipinski definition) is 2. The van der Waals surface area contributed by atoms with Crippen LogP contribution in [0.25, 0.3) is 42.1 Å². The molecular formula is C44H35NS. The minimum absolute atomic E-state index is 0.193. The van der Waals surface area contributed by atoms with Gasteiger partial charge in [-0.3, -0.25) is 0 Å². The van der Waals surface area contributed by atoms with Crippen LogP contribution < -0.4 is 4.90 Å². The Morgan fingerprint density at radius 3 is 2.02 bits per heavy atom. The molecule has 4 fully saturated rings. The first-order valence-electron chi connectivity index (χ1n) is 17.2. The third-order valence-corrected chi connectivity index (χ3v) is 13.6. The molecule has 0 unspecified atom stereocenters. The van der Waals surface area contributed by atoms with Gasteiger partial charge in [-0.2, -0.15) is 0 Å². The molecule has 4 saturated carbocycles. The molecule has 0 atom stereocenters. The Kier molecular flexibility index (Phi) is 5.22. The minimum Gasteiger partial charge on any atom is -0.310 e. The predicted octanol–water partition coefficient (Wildman–Crippen LogP) is 12.4. The largest absolute Gasteiger partial charge is 0.310 e. The van der Waals surface area contributed by atoms with Crippen LogP contribution in [-0.4, -0.2) is 0 Å². The lowest BCUT2D eigenvalue weighted by Crippen LogP contribution is -2.55. The molecule has 4 bridgehead atoms. The molecule has 0 saturated heterocycles. The SMILES string of the molecule is c1ccc2c(c1)-c1cc(N(c3ccc4c(c3)sc3ccccc34)c3cccc4ccccc34)ccc1C21C2CC3CC(C2)CC1C3. The van der Waals surface area contributed by atoms with E-state index >= 15 is 0 Å². The lowest BCUT2D eigenvalue weighted by molar-refractivity contribution is -0.0399. The number of rotatable bonds is 3. The maximum atomic E-state index is 2.56. The molecule has 0 aliphatic heterocycles. The number of hydrogen-bond donors (Lipinski definition) is 0. The van der Waals surface area contributed by atoms with Crippen molar-refractivity contribution in [2.75, 3.05) is 4.90 Å². The van der Waals surface area contributed by atoms with Crippen LogP contribution in [0.1, 0.15) is 43.2 Å². The molecule has 5 aliphatic carbocycles. The Labute approximate surface area is 274 Å². The molecule has 7 aromatic rings. The van der Waals surface area contributed by atoms with Gasteiger partial charge in [0, 0.05) is 42.3 Å². The number of thiophene rings is 1. The Hall–Kier alpha value is -4.40. The van der Waals surface area contributed by atoms with E-state index in [0.717, 1.165) is 23.7 Å². The van der Waals surface area contributed by atoms with Crippen molar-refractivity contribution in [1.29, 1.82) is 0 Å².